The summed E-state index contributed by atoms with van der Waals surface area (Å²) in [6.45, 7) is 7.42. The molecule has 5 heteroatoms. The topological polar surface area (TPSA) is 78.9 Å². The molecule has 0 saturated heterocycles. The third-order valence-corrected chi connectivity index (χ3v) is 8.86. The predicted molar refractivity (Wildman–Crippen MR) is 213 cm³/mol. The highest BCUT2D eigenvalue weighted by molar-refractivity contribution is 5.97. The molecule has 0 bridgehead atoms. The number of nitrogens with two attached hydrogens (primary N) is 1. The fraction of sp³-hybridized carbons (Fsp3) is 0.0213. The second kappa shape index (κ2) is 15.5. The molecule has 1 unspecified atom stereocenters. The SMILES string of the molecule is [C-]#[N+]c1ccc(-c2cc(-c3ccc(-c4ccc(-c5ccc(C#N)cc5)cc4)cc3)cc(C(/N=C(\N)c3ccccc3)/N=C/c3ccccc3)c2)cc1. The Kier molecular flexibility index (Phi) is 9.87. The number of nitrogens with zero attached hydrogens (tertiary/aromatic N) is 4. The van der Waals surface area contributed by atoms with Gasteiger partial charge in [-0.3, -0.25) is 4.99 Å². The molecule has 0 fully saturated rings. The van der Waals surface area contributed by atoms with Crippen LogP contribution in [0.2, 0.25) is 0 Å². The number of benzene rings is 7. The van der Waals surface area contributed by atoms with Crippen LogP contribution >= 0.6 is 0 Å². The Hall–Kier alpha value is -7.34. The minimum atomic E-state index is -0.615. The van der Waals surface area contributed by atoms with Gasteiger partial charge in [0.2, 0.25) is 0 Å². The van der Waals surface area contributed by atoms with Crippen LogP contribution in [0.4, 0.5) is 5.69 Å². The normalized spacial score (nSPS) is 11.8. The summed E-state index contributed by atoms with van der Waals surface area (Å²) in [4.78, 5) is 13.5. The highest BCUT2D eigenvalue weighted by Crippen LogP contribution is 2.35. The zero-order valence-electron chi connectivity index (χ0n) is 28.3. The van der Waals surface area contributed by atoms with Gasteiger partial charge in [0.25, 0.3) is 0 Å². The third-order valence-electron chi connectivity index (χ3n) is 8.86. The number of hydrogen-bond donors (Lipinski definition) is 1. The number of aliphatic imine (C=N–C) groups is 2. The molecule has 7 aromatic carbocycles. The smallest absolute Gasteiger partial charge is 0.187 e. The number of rotatable bonds is 9. The van der Waals surface area contributed by atoms with Gasteiger partial charge in [-0.25, -0.2) is 9.84 Å². The van der Waals surface area contributed by atoms with Gasteiger partial charge < -0.3 is 5.73 Å². The van der Waals surface area contributed by atoms with E-state index >= 15 is 0 Å². The lowest BCUT2D eigenvalue weighted by Crippen LogP contribution is -2.15. The summed E-state index contributed by atoms with van der Waals surface area (Å²) in [5.41, 5.74) is 18.9. The van der Waals surface area contributed by atoms with Crippen LogP contribution in [0.25, 0.3) is 49.4 Å². The average Bonchev–Trinajstić information content (AvgIpc) is 3.23. The number of nitriles is 1. The summed E-state index contributed by atoms with van der Waals surface area (Å²) in [5, 5.41) is 9.13. The number of amidine groups is 1. The van der Waals surface area contributed by atoms with Gasteiger partial charge >= 0.3 is 0 Å². The first kappa shape index (κ1) is 33.2. The van der Waals surface area contributed by atoms with Crippen LogP contribution in [0.5, 0.6) is 0 Å². The molecule has 1 atom stereocenters. The summed E-state index contributed by atoms with van der Waals surface area (Å²) in [6, 6.07) is 60.5. The third kappa shape index (κ3) is 7.76. The molecule has 7 aromatic rings. The van der Waals surface area contributed by atoms with Crippen LogP contribution in [0.15, 0.2) is 186 Å². The lowest BCUT2D eigenvalue weighted by Gasteiger charge is -2.15. The largest absolute Gasteiger partial charge is 0.383 e. The maximum Gasteiger partial charge on any atom is 0.187 e. The molecule has 5 nitrogen and oxygen atoms in total. The second-order valence-corrected chi connectivity index (χ2v) is 12.3. The van der Waals surface area contributed by atoms with E-state index in [1.807, 2.05) is 115 Å². The highest BCUT2D eigenvalue weighted by atomic mass is 15.0. The Morgan fingerprint density at radius 3 is 1.50 bits per heavy atom. The molecule has 0 aliphatic rings. The quantitative estimate of drug-likeness (QED) is 0.0944. The van der Waals surface area contributed by atoms with E-state index in [2.05, 4.69) is 77.6 Å². The van der Waals surface area contributed by atoms with Crippen LogP contribution in [0.1, 0.15) is 28.4 Å². The molecule has 0 amide bonds. The molecule has 0 aliphatic heterocycles. The lowest BCUT2D eigenvalue weighted by molar-refractivity contribution is 0.782. The molecule has 0 aromatic heterocycles. The Morgan fingerprint density at radius 2 is 1.02 bits per heavy atom. The van der Waals surface area contributed by atoms with E-state index in [4.69, 9.17) is 27.6 Å². The first-order valence-corrected chi connectivity index (χ1v) is 16.9. The van der Waals surface area contributed by atoms with Gasteiger partial charge in [0.1, 0.15) is 5.84 Å². The standard InChI is InChI=1S/C47H33N5/c1-50-45-26-24-40(25-27-45)43-28-42(39-22-20-38(21-23-39)37-18-16-36(17-19-37)35-14-12-33(31-48)13-15-35)29-44(30-43)47(51-32-34-8-4-2-5-9-34)52-46(49)41-10-6-3-7-11-41/h2-30,32,47H,(H2,49,52)/b51-32+. The summed E-state index contributed by atoms with van der Waals surface area (Å²) in [5.74, 6) is 0.402. The van der Waals surface area contributed by atoms with Gasteiger partial charge in [0.15, 0.2) is 11.9 Å². The van der Waals surface area contributed by atoms with Crippen molar-refractivity contribution in [3.8, 4) is 50.6 Å². The van der Waals surface area contributed by atoms with Gasteiger partial charge in [-0.05, 0) is 86.0 Å². The molecule has 246 valence electrons. The first-order chi connectivity index (χ1) is 25.6. The van der Waals surface area contributed by atoms with Crippen LogP contribution in [0, 0.1) is 17.9 Å². The van der Waals surface area contributed by atoms with E-state index < -0.39 is 6.17 Å². The zero-order valence-corrected chi connectivity index (χ0v) is 28.3. The molecule has 52 heavy (non-hydrogen) atoms. The van der Waals surface area contributed by atoms with Gasteiger partial charge in [0.05, 0.1) is 18.2 Å². The molecule has 7 rings (SSSR count). The highest BCUT2D eigenvalue weighted by Gasteiger charge is 2.15. The summed E-state index contributed by atoms with van der Waals surface area (Å²) >= 11 is 0. The van der Waals surface area contributed by atoms with Crippen LogP contribution in [0.3, 0.4) is 0 Å². The fourth-order valence-electron chi connectivity index (χ4n) is 6.01. The average molecular weight is 668 g/mol. The monoisotopic (exact) mass is 667 g/mol. The first-order valence-electron chi connectivity index (χ1n) is 16.9. The molecular formula is C47H33N5. The summed E-state index contributed by atoms with van der Waals surface area (Å²) in [7, 11) is 0. The van der Waals surface area contributed by atoms with Crippen molar-refractivity contribution in [3.05, 3.63) is 210 Å². The van der Waals surface area contributed by atoms with E-state index in [9.17, 15) is 0 Å². The van der Waals surface area contributed by atoms with E-state index in [1.54, 1.807) is 0 Å². The molecule has 0 spiro atoms. The van der Waals surface area contributed by atoms with Crippen LogP contribution in [-0.2, 0) is 0 Å². The van der Waals surface area contributed by atoms with E-state index in [-0.39, 0.29) is 0 Å². The minimum absolute atomic E-state index is 0.402. The van der Waals surface area contributed by atoms with E-state index in [0.717, 1.165) is 61.2 Å². The van der Waals surface area contributed by atoms with Crippen molar-refractivity contribution >= 4 is 17.7 Å². The van der Waals surface area contributed by atoms with E-state index in [1.165, 1.54) is 0 Å². The van der Waals surface area contributed by atoms with Crippen molar-refractivity contribution in [2.45, 2.75) is 6.17 Å². The molecule has 0 aliphatic carbocycles. The van der Waals surface area contributed by atoms with Crippen molar-refractivity contribution in [2.75, 3.05) is 0 Å². The second-order valence-electron chi connectivity index (χ2n) is 12.3. The van der Waals surface area contributed by atoms with Gasteiger partial charge in [-0.1, -0.05) is 146 Å². The van der Waals surface area contributed by atoms with Crippen molar-refractivity contribution in [2.24, 2.45) is 15.7 Å². The van der Waals surface area contributed by atoms with Gasteiger partial charge in [-0.2, -0.15) is 5.26 Å². The molecule has 0 radical (unpaired) electrons. The van der Waals surface area contributed by atoms with Gasteiger partial charge in [0, 0.05) is 11.8 Å². The Bertz CT molecular complexity index is 2430. The van der Waals surface area contributed by atoms with Gasteiger partial charge in [-0.15, -0.1) is 0 Å². The Labute approximate surface area is 304 Å². The fourth-order valence-corrected chi connectivity index (χ4v) is 6.01. The molecule has 0 saturated carbocycles. The van der Waals surface area contributed by atoms with Crippen molar-refractivity contribution in [1.29, 1.82) is 5.26 Å². The zero-order chi connectivity index (χ0) is 35.7. The van der Waals surface area contributed by atoms with Crippen molar-refractivity contribution < 1.29 is 0 Å². The Morgan fingerprint density at radius 1 is 0.577 bits per heavy atom. The summed E-state index contributed by atoms with van der Waals surface area (Å²) < 4.78 is 0. The Balaban J connectivity index is 1.27. The number of hydrogen-bond acceptors (Lipinski definition) is 3. The maximum absolute atomic E-state index is 9.13. The molecular weight excluding hydrogens is 635 g/mol. The molecule has 0 heterocycles. The summed E-state index contributed by atoms with van der Waals surface area (Å²) in [6.07, 6.45) is 1.22. The molecule has 2 N–H and O–H groups in total. The lowest BCUT2D eigenvalue weighted by atomic mass is 9.93. The van der Waals surface area contributed by atoms with Crippen molar-refractivity contribution in [1.82, 2.24) is 0 Å². The predicted octanol–water partition coefficient (Wildman–Crippen LogP) is 11.3. The minimum Gasteiger partial charge on any atom is -0.383 e. The van der Waals surface area contributed by atoms with Crippen molar-refractivity contribution in [3.63, 3.8) is 0 Å². The van der Waals surface area contributed by atoms with Crippen LogP contribution in [-0.4, -0.2) is 12.1 Å². The van der Waals surface area contributed by atoms with Crippen LogP contribution < -0.4 is 5.73 Å². The van der Waals surface area contributed by atoms with E-state index in [0.29, 0.717) is 17.1 Å². The maximum atomic E-state index is 9.13.